The van der Waals surface area contributed by atoms with Gasteiger partial charge in [0.05, 0.1) is 30.7 Å². The number of ether oxygens (including phenoxy) is 2. The van der Waals surface area contributed by atoms with Crippen molar-refractivity contribution in [2.75, 3.05) is 18.5 Å². The van der Waals surface area contributed by atoms with Crippen LogP contribution in [-0.2, 0) is 16.6 Å². The molecule has 0 amide bonds. The van der Waals surface area contributed by atoms with Gasteiger partial charge in [-0.05, 0) is 36.8 Å². The summed E-state index contributed by atoms with van der Waals surface area (Å²) in [7, 11) is -1.13. The van der Waals surface area contributed by atoms with Crippen LogP contribution in [0.25, 0.3) is 0 Å². The molecule has 2 aromatic carbocycles. The van der Waals surface area contributed by atoms with Crippen LogP contribution in [0.1, 0.15) is 11.1 Å². The van der Waals surface area contributed by atoms with Crippen molar-refractivity contribution in [2.45, 2.75) is 18.4 Å². The fourth-order valence-electron chi connectivity index (χ4n) is 2.69. The molecule has 0 aliphatic rings. The average Bonchev–Trinajstić information content (AvgIpc) is 3.22. The number of aromatic nitrogens is 2. The molecule has 11 heteroatoms. The second kappa shape index (κ2) is 8.52. The molecular weight excluding hydrogens is 441 g/mol. The summed E-state index contributed by atoms with van der Waals surface area (Å²) in [6.45, 7) is 1.41. The van der Waals surface area contributed by atoms with E-state index < -0.39 is 15.8 Å². The van der Waals surface area contributed by atoms with E-state index in [1.54, 1.807) is 18.2 Å². The quantitative estimate of drug-likeness (QED) is 0.532. The zero-order valence-electron chi connectivity index (χ0n) is 15.7. The summed E-state index contributed by atoms with van der Waals surface area (Å²) < 4.78 is 56.2. The van der Waals surface area contributed by atoms with E-state index in [2.05, 4.69) is 9.36 Å². The SMILES string of the molecule is COc1ccc(CN(c2ncns2)S(=O)(=O)c2cc(Cl)c(F)cc2C)c(OC)c1. The van der Waals surface area contributed by atoms with Crippen molar-refractivity contribution in [3.8, 4) is 11.5 Å². The largest absolute Gasteiger partial charge is 0.497 e. The first kappa shape index (κ1) is 21.3. The fourth-order valence-corrected chi connectivity index (χ4v) is 5.29. The van der Waals surface area contributed by atoms with Crippen LogP contribution < -0.4 is 13.8 Å². The number of hydrogen-bond acceptors (Lipinski definition) is 7. The van der Waals surface area contributed by atoms with Crippen LogP contribution in [-0.4, -0.2) is 32.0 Å². The van der Waals surface area contributed by atoms with Gasteiger partial charge in [-0.3, -0.25) is 0 Å². The lowest BCUT2D eigenvalue weighted by molar-refractivity contribution is 0.391. The summed E-state index contributed by atoms with van der Waals surface area (Å²) in [6.07, 6.45) is 1.26. The predicted octanol–water partition coefficient (Wildman–Crippen LogP) is 4.05. The summed E-state index contributed by atoms with van der Waals surface area (Å²) in [5.74, 6) is 0.322. The number of halogens is 2. The third-order valence-electron chi connectivity index (χ3n) is 4.16. The number of aryl methyl sites for hydroxylation is 1. The highest BCUT2D eigenvalue weighted by Gasteiger charge is 2.30. The first-order chi connectivity index (χ1) is 13.8. The summed E-state index contributed by atoms with van der Waals surface area (Å²) >= 11 is 6.76. The highest BCUT2D eigenvalue weighted by Crippen LogP contribution is 2.33. The van der Waals surface area contributed by atoms with E-state index in [-0.39, 0.29) is 27.2 Å². The number of benzene rings is 2. The minimum absolute atomic E-state index is 0.0842. The van der Waals surface area contributed by atoms with E-state index in [1.165, 1.54) is 27.5 Å². The van der Waals surface area contributed by atoms with Crippen LogP contribution in [0.4, 0.5) is 9.52 Å². The molecule has 0 radical (unpaired) electrons. The Bertz CT molecular complexity index is 1120. The third kappa shape index (κ3) is 4.29. The highest BCUT2D eigenvalue weighted by atomic mass is 35.5. The monoisotopic (exact) mass is 457 g/mol. The van der Waals surface area contributed by atoms with Crippen molar-refractivity contribution in [1.29, 1.82) is 0 Å². The lowest BCUT2D eigenvalue weighted by atomic mass is 10.2. The smallest absolute Gasteiger partial charge is 0.266 e. The first-order valence-electron chi connectivity index (χ1n) is 8.24. The van der Waals surface area contributed by atoms with Gasteiger partial charge in [0, 0.05) is 23.2 Å². The summed E-state index contributed by atoms with van der Waals surface area (Å²) in [5, 5.41) is -0.129. The van der Waals surface area contributed by atoms with Gasteiger partial charge in [0.1, 0.15) is 23.6 Å². The van der Waals surface area contributed by atoms with Gasteiger partial charge in [-0.1, -0.05) is 11.6 Å². The van der Waals surface area contributed by atoms with Crippen LogP contribution in [0.5, 0.6) is 11.5 Å². The molecular formula is C18H17ClFN3O4S2. The van der Waals surface area contributed by atoms with Crippen molar-refractivity contribution >= 4 is 38.3 Å². The van der Waals surface area contributed by atoms with E-state index in [9.17, 15) is 12.8 Å². The standard InChI is InChI=1S/C18H17ClFN3O4S2/c1-11-6-15(20)14(19)8-17(11)29(24,25)23(18-21-10-22-28-18)9-12-4-5-13(26-2)7-16(12)27-3/h4-8,10H,9H2,1-3H3. The summed E-state index contributed by atoms with van der Waals surface area (Å²) in [4.78, 5) is 3.93. The summed E-state index contributed by atoms with van der Waals surface area (Å²) in [6, 6.07) is 7.23. The molecule has 3 aromatic rings. The lowest BCUT2D eigenvalue weighted by Gasteiger charge is -2.23. The Labute approximate surface area is 176 Å². The first-order valence-corrected chi connectivity index (χ1v) is 10.8. The number of rotatable bonds is 7. The van der Waals surface area contributed by atoms with Crippen LogP contribution >= 0.6 is 23.1 Å². The molecule has 154 valence electrons. The molecule has 7 nitrogen and oxygen atoms in total. The van der Waals surface area contributed by atoms with Gasteiger partial charge in [0.15, 0.2) is 0 Å². The second-order valence-corrected chi connectivity index (χ2v) is 8.94. The molecule has 0 atom stereocenters. The normalized spacial score (nSPS) is 11.3. The minimum atomic E-state index is -4.13. The maximum Gasteiger partial charge on any atom is 0.266 e. The minimum Gasteiger partial charge on any atom is -0.497 e. The average molecular weight is 458 g/mol. The van der Waals surface area contributed by atoms with Crippen molar-refractivity contribution < 1.29 is 22.3 Å². The molecule has 0 saturated heterocycles. The molecule has 1 heterocycles. The molecule has 0 aliphatic carbocycles. The van der Waals surface area contributed by atoms with Crippen LogP contribution in [0.15, 0.2) is 41.6 Å². The second-order valence-electron chi connectivity index (χ2n) is 5.95. The maximum absolute atomic E-state index is 13.8. The van der Waals surface area contributed by atoms with E-state index in [1.807, 2.05) is 0 Å². The van der Waals surface area contributed by atoms with Crippen molar-refractivity contribution in [3.05, 3.63) is 58.6 Å². The molecule has 29 heavy (non-hydrogen) atoms. The van der Waals surface area contributed by atoms with Gasteiger partial charge in [-0.15, -0.1) is 0 Å². The van der Waals surface area contributed by atoms with Crippen LogP contribution in [0, 0.1) is 12.7 Å². The molecule has 0 saturated carbocycles. The van der Waals surface area contributed by atoms with Gasteiger partial charge < -0.3 is 9.47 Å². The molecule has 3 rings (SSSR count). The van der Waals surface area contributed by atoms with Gasteiger partial charge in [-0.25, -0.2) is 22.1 Å². The Kier molecular flexibility index (Phi) is 6.25. The number of sulfonamides is 1. The lowest BCUT2D eigenvalue weighted by Crippen LogP contribution is -2.31. The van der Waals surface area contributed by atoms with E-state index >= 15 is 0 Å². The molecule has 0 fully saturated rings. The zero-order chi connectivity index (χ0) is 21.2. The molecule has 0 aliphatic heterocycles. The number of hydrogen-bond donors (Lipinski definition) is 0. The van der Waals surface area contributed by atoms with Crippen LogP contribution in [0.2, 0.25) is 5.02 Å². The highest BCUT2D eigenvalue weighted by molar-refractivity contribution is 7.93. The van der Waals surface area contributed by atoms with Crippen LogP contribution in [0.3, 0.4) is 0 Å². The van der Waals surface area contributed by atoms with E-state index in [0.29, 0.717) is 17.1 Å². The topological polar surface area (TPSA) is 81.6 Å². The van der Waals surface area contributed by atoms with Crippen molar-refractivity contribution in [3.63, 3.8) is 0 Å². The third-order valence-corrected chi connectivity index (χ3v) is 7.13. The Balaban J connectivity index is 2.11. The molecule has 0 N–H and O–H groups in total. The number of nitrogens with zero attached hydrogens (tertiary/aromatic N) is 3. The number of methoxy groups -OCH3 is 2. The molecule has 0 unspecified atom stereocenters. The Morgan fingerprint density at radius 1 is 1.21 bits per heavy atom. The maximum atomic E-state index is 13.8. The molecule has 1 aromatic heterocycles. The van der Waals surface area contributed by atoms with Gasteiger partial charge >= 0.3 is 0 Å². The fraction of sp³-hybridized carbons (Fsp3) is 0.222. The van der Waals surface area contributed by atoms with Gasteiger partial charge in [0.2, 0.25) is 5.13 Å². The Morgan fingerprint density at radius 2 is 1.97 bits per heavy atom. The molecule has 0 spiro atoms. The summed E-state index contributed by atoms with van der Waals surface area (Å²) in [5.41, 5.74) is 0.807. The van der Waals surface area contributed by atoms with Gasteiger partial charge in [0.25, 0.3) is 10.0 Å². The zero-order valence-corrected chi connectivity index (χ0v) is 18.1. The number of anilines is 1. The van der Waals surface area contributed by atoms with Gasteiger partial charge in [-0.2, -0.15) is 4.37 Å². The molecule has 0 bridgehead atoms. The Morgan fingerprint density at radius 3 is 2.59 bits per heavy atom. The predicted molar refractivity (Wildman–Crippen MR) is 109 cm³/mol. The van der Waals surface area contributed by atoms with E-state index in [0.717, 1.165) is 28.0 Å². The van der Waals surface area contributed by atoms with Crippen molar-refractivity contribution in [2.24, 2.45) is 0 Å². The van der Waals surface area contributed by atoms with Crippen molar-refractivity contribution in [1.82, 2.24) is 9.36 Å². The Hall–Kier alpha value is -2.43. The van der Waals surface area contributed by atoms with E-state index in [4.69, 9.17) is 21.1 Å².